The molecule has 2 aromatic rings. The smallest absolute Gasteiger partial charge is 0.130 e. The topological polar surface area (TPSA) is 24.9 Å². The van der Waals surface area contributed by atoms with Crippen molar-refractivity contribution >= 4 is 55.0 Å². The molecule has 2 nitrogen and oxygen atoms in total. The zero-order valence-corrected chi connectivity index (χ0v) is 12.9. The van der Waals surface area contributed by atoms with Crippen LogP contribution in [0.1, 0.15) is 5.56 Å². The molecule has 0 aliphatic heterocycles. The molecular weight excluding hydrogens is 367 g/mol. The van der Waals surface area contributed by atoms with Gasteiger partial charge in [0, 0.05) is 20.8 Å². The highest BCUT2D eigenvalue weighted by Gasteiger charge is 2.02. The van der Waals surface area contributed by atoms with Gasteiger partial charge in [0.25, 0.3) is 0 Å². The number of hydrogen-bond acceptors (Lipinski definition) is 2. The second kappa shape index (κ2) is 5.38. The third-order valence-corrected chi connectivity index (χ3v) is 4.28. The van der Waals surface area contributed by atoms with Gasteiger partial charge in [-0.1, -0.05) is 11.6 Å². The van der Waals surface area contributed by atoms with E-state index in [9.17, 15) is 0 Å². The molecule has 1 N–H and O–H groups in total. The van der Waals surface area contributed by atoms with Crippen LogP contribution in [-0.4, -0.2) is 4.98 Å². The fourth-order valence-corrected chi connectivity index (χ4v) is 2.04. The Morgan fingerprint density at radius 1 is 1.18 bits per heavy atom. The molecule has 0 saturated carbocycles. The van der Waals surface area contributed by atoms with E-state index in [4.69, 9.17) is 11.6 Å². The summed E-state index contributed by atoms with van der Waals surface area (Å²) in [4.78, 5) is 4.28. The molecule has 0 amide bonds. The van der Waals surface area contributed by atoms with Crippen molar-refractivity contribution in [1.82, 2.24) is 4.98 Å². The van der Waals surface area contributed by atoms with E-state index in [0.717, 1.165) is 26.0 Å². The second-order valence-electron chi connectivity index (χ2n) is 3.57. The molecule has 0 radical (unpaired) electrons. The lowest BCUT2D eigenvalue weighted by atomic mass is 10.3. The number of nitrogens with zero attached hydrogens (tertiary/aromatic N) is 1. The summed E-state index contributed by atoms with van der Waals surface area (Å²) in [6.45, 7) is 2.02. The first kappa shape index (κ1) is 12.9. The minimum atomic E-state index is 0.690. The summed E-state index contributed by atoms with van der Waals surface area (Å²) in [6, 6.07) is 7.64. The molecule has 0 atom stereocenters. The normalized spacial score (nSPS) is 10.4. The van der Waals surface area contributed by atoms with Crippen LogP contribution in [0.5, 0.6) is 0 Å². The number of aromatic nitrogens is 1. The lowest BCUT2D eigenvalue weighted by Gasteiger charge is -2.08. The molecule has 0 spiro atoms. The predicted octanol–water partition coefficient (Wildman–Crippen LogP) is 5.31. The van der Waals surface area contributed by atoms with Crippen molar-refractivity contribution in [3.63, 3.8) is 0 Å². The van der Waals surface area contributed by atoms with Crippen molar-refractivity contribution in [3.8, 4) is 0 Å². The lowest BCUT2D eigenvalue weighted by molar-refractivity contribution is 1.25. The number of hydrogen-bond donors (Lipinski definition) is 1. The number of halogens is 3. The van der Waals surface area contributed by atoms with E-state index >= 15 is 0 Å². The zero-order valence-electron chi connectivity index (χ0n) is 8.97. The molecule has 1 aromatic heterocycles. The maximum atomic E-state index is 5.93. The van der Waals surface area contributed by atoms with E-state index in [1.165, 1.54) is 0 Å². The first-order chi connectivity index (χ1) is 8.06. The fourth-order valence-electron chi connectivity index (χ4n) is 1.33. The van der Waals surface area contributed by atoms with E-state index in [-0.39, 0.29) is 0 Å². The van der Waals surface area contributed by atoms with Gasteiger partial charge in [0.15, 0.2) is 0 Å². The molecule has 0 bridgehead atoms. The average Bonchev–Trinajstić information content (AvgIpc) is 2.29. The van der Waals surface area contributed by atoms with Gasteiger partial charge in [0.2, 0.25) is 0 Å². The Kier molecular flexibility index (Phi) is 4.07. The Labute approximate surface area is 122 Å². The molecule has 1 aromatic carbocycles. The van der Waals surface area contributed by atoms with Gasteiger partial charge in [0.05, 0.1) is 5.02 Å². The van der Waals surface area contributed by atoms with Gasteiger partial charge in [-0.25, -0.2) is 4.98 Å². The van der Waals surface area contributed by atoms with Crippen LogP contribution in [0.15, 0.2) is 39.4 Å². The molecule has 0 aliphatic carbocycles. The van der Waals surface area contributed by atoms with Crippen molar-refractivity contribution in [1.29, 1.82) is 0 Å². The quantitative estimate of drug-likeness (QED) is 0.768. The Morgan fingerprint density at radius 3 is 2.59 bits per heavy atom. The predicted molar refractivity (Wildman–Crippen MR) is 79.1 cm³/mol. The number of anilines is 2. The van der Waals surface area contributed by atoms with Gasteiger partial charge in [-0.3, -0.25) is 0 Å². The summed E-state index contributed by atoms with van der Waals surface area (Å²) >= 11 is 12.7. The van der Waals surface area contributed by atoms with Crippen molar-refractivity contribution in [3.05, 3.63) is 50.0 Å². The first-order valence-electron chi connectivity index (χ1n) is 4.90. The maximum Gasteiger partial charge on any atom is 0.130 e. The van der Waals surface area contributed by atoms with Crippen molar-refractivity contribution < 1.29 is 0 Å². The summed E-state index contributed by atoms with van der Waals surface area (Å²) in [5.41, 5.74) is 2.08. The fraction of sp³-hybridized carbons (Fsp3) is 0.0833. The molecule has 1 heterocycles. The van der Waals surface area contributed by atoms with Crippen LogP contribution in [0.4, 0.5) is 11.5 Å². The largest absolute Gasteiger partial charge is 0.340 e. The summed E-state index contributed by atoms with van der Waals surface area (Å²) in [5.74, 6) is 0.805. The van der Waals surface area contributed by atoms with Gasteiger partial charge in [0.1, 0.15) is 5.82 Å². The van der Waals surface area contributed by atoms with Crippen LogP contribution in [0.3, 0.4) is 0 Å². The van der Waals surface area contributed by atoms with Crippen LogP contribution < -0.4 is 5.32 Å². The molecule has 17 heavy (non-hydrogen) atoms. The molecule has 5 heteroatoms. The molecule has 0 fully saturated rings. The minimum absolute atomic E-state index is 0.690. The molecule has 0 saturated heterocycles. The van der Waals surface area contributed by atoms with Gasteiger partial charge >= 0.3 is 0 Å². The Balaban J connectivity index is 2.25. The third-order valence-electron chi connectivity index (χ3n) is 2.24. The molecule has 0 unspecified atom stereocenters. The van der Waals surface area contributed by atoms with Crippen molar-refractivity contribution in [2.75, 3.05) is 5.32 Å². The maximum absolute atomic E-state index is 5.93. The Bertz CT molecular complexity index is 509. The van der Waals surface area contributed by atoms with Gasteiger partial charge in [-0.05, 0) is 68.6 Å². The number of nitrogens with one attached hydrogen (secondary N) is 1. The van der Waals surface area contributed by atoms with Crippen LogP contribution in [-0.2, 0) is 0 Å². The number of aryl methyl sites for hydroxylation is 1. The van der Waals surface area contributed by atoms with Gasteiger partial charge in [-0.2, -0.15) is 0 Å². The SMILES string of the molecule is Cc1cc(Nc2ccc(Cl)c(Br)c2)ncc1Br. The highest BCUT2D eigenvalue weighted by Crippen LogP contribution is 2.27. The summed E-state index contributed by atoms with van der Waals surface area (Å²) in [7, 11) is 0. The lowest BCUT2D eigenvalue weighted by Crippen LogP contribution is -1.94. The second-order valence-corrected chi connectivity index (χ2v) is 5.69. The zero-order chi connectivity index (χ0) is 12.4. The highest BCUT2D eigenvalue weighted by atomic mass is 79.9. The first-order valence-corrected chi connectivity index (χ1v) is 6.87. The Hall–Kier alpha value is -0.580. The molecular formula is C12H9Br2ClN2. The monoisotopic (exact) mass is 374 g/mol. The minimum Gasteiger partial charge on any atom is -0.340 e. The Morgan fingerprint density at radius 2 is 1.94 bits per heavy atom. The van der Waals surface area contributed by atoms with Crippen molar-refractivity contribution in [2.24, 2.45) is 0 Å². The summed E-state index contributed by atoms with van der Waals surface area (Å²) in [5, 5.41) is 3.91. The van der Waals surface area contributed by atoms with Crippen LogP contribution in [0.25, 0.3) is 0 Å². The van der Waals surface area contributed by atoms with E-state index in [1.54, 1.807) is 6.20 Å². The summed E-state index contributed by atoms with van der Waals surface area (Å²) < 4.78 is 1.86. The van der Waals surface area contributed by atoms with Crippen LogP contribution in [0.2, 0.25) is 5.02 Å². The van der Waals surface area contributed by atoms with E-state index in [2.05, 4.69) is 42.2 Å². The highest BCUT2D eigenvalue weighted by molar-refractivity contribution is 9.10. The summed E-state index contributed by atoms with van der Waals surface area (Å²) in [6.07, 6.45) is 1.78. The number of rotatable bonds is 2. The average molecular weight is 376 g/mol. The van der Waals surface area contributed by atoms with Gasteiger partial charge < -0.3 is 5.32 Å². The molecule has 88 valence electrons. The number of benzene rings is 1. The molecule has 2 rings (SSSR count). The molecule has 0 aliphatic rings. The number of pyridine rings is 1. The van der Waals surface area contributed by atoms with E-state index < -0.39 is 0 Å². The van der Waals surface area contributed by atoms with Crippen LogP contribution >= 0.6 is 43.5 Å². The van der Waals surface area contributed by atoms with Crippen LogP contribution in [0, 0.1) is 6.92 Å². The standard InChI is InChI=1S/C12H9Br2ClN2/c1-7-4-12(16-6-10(7)14)17-8-2-3-11(15)9(13)5-8/h2-6H,1H3,(H,16,17). The van der Waals surface area contributed by atoms with E-state index in [1.807, 2.05) is 31.2 Å². The van der Waals surface area contributed by atoms with Crippen molar-refractivity contribution in [2.45, 2.75) is 6.92 Å². The van der Waals surface area contributed by atoms with E-state index in [0.29, 0.717) is 5.02 Å². The third kappa shape index (κ3) is 3.21. The van der Waals surface area contributed by atoms with Gasteiger partial charge in [-0.15, -0.1) is 0 Å².